The van der Waals surface area contributed by atoms with Crippen molar-refractivity contribution in [3.63, 3.8) is 0 Å². The summed E-state index contributed by atoms with van der Waals surface area (Å²) in [6.07, 6.45) is 2.10. The van der Waals surface area contributed by atoms with Gasteiger partial charge in [0, 0.05) is 66.0 Å². The average Bonchev–Trinajstić information content (AvgIpc) is 3.41. The highest BCUT2D eigenvalue weighted by Crippen LogP contribution is 2.38. The maximum absolute atomic E-state index is 13.2. The predicted octanol–water partition coefficient (Wildman–Crippen LogP) is 5.72. The molecular weight excluding hydrogens is 468 g/mol. The van der Waals surface area contributed by atoms with Crippen LogP contribution in [-0.4, -0.2) is 55.1 Å². The summed E-state index contributed by atoms with van der Waals surface area (Å²) >= 11 is 0. The van der Waals surface area contributed by atoms with Crippen molar-refractivity contribution in [1.82, 2.24) is 15.2 Å². The number of aromatic amines is 1. The minimum absolute atomic E-state index is 0.143. The number of fused-ring (bicyclic) bond motifs is 3. The van der Waals surface area contributed by atoms with E-state index < -0.39 is 18.1 Å². The smallest absolute Gasteiger partial charge is 0.251 e. The largest absolute Gasteiger partial charge is 0.371 e. The van der Waals surface area contributed by atoms with E-state index in [-0.39, 0.29) is 12.6 Å². The van der Waals surface area contributed by atoms with E-state index in [9.17, 15) is 17.6 Å². The Bertz CT molecular complexity index is 1170. The van der Waals surface area contributed by atoms with Gasteiger partial charge in [0.15, 0.2) is 0 Å². The van der Waals surface area contributed by atoms with E-state index in [1.165, 1.54) is 35.9 Å². The Morgan fingerprint density at radius 2 is 1.86 bits per heavy atom. The molecule has 2 saturated heterocycles. The van der Waals surface area contributed by atoms with Crippen molar-refractivity contribution in [2.24, 2.45) is 5.41 Å². The van der Waals surface area contributed by atoms with Crippen LogP contribution in [-0.2, 0) is 13.0 Å². The number of alkyl halides is 2. The standard InChI is InChI=1S/C14H16F2N2.C14H18F2N2/c1-9-6-11-10-4-2-3-5-12(10)17-13(11)7-18(9)8-14(15)16;15-11-6-12(16)8-13(7-11)18-5-3-14(10-18)2-1-4-17-9-14/h2-5,9,14,17H,6-8H2,1H3;6-8,17H,1-5,9-10H2. The van der Waals surface area contributed by atoms with E-state index in [1.807, 2.05) is 30.0 Å². The van der Waals surface area contributed by atoms with Crippen LogP contribution in [0.3, 0.4) is 0 Å². The van der Waals surface area contributed by atoms with Crippen LogP contribution < -0.4 is 10.2 Å². The van der Waals surface area contributed by atoms with Crippen molar-refractivity contribution < 1.29 is 17.6 Å². The molecule has 0 amide bonds. The molecule has 6 rings (SSSR count). The number of benzene rings is 2. The topological polar surface area (TPSA) is 34.3 Å². The number of anilines is 1. The number of hydrogen-bond donors (Lipinski definition) is 2. The first-order chi connectivity index (χ1) is 17.3. The fraction of sp³-hybridized carbons (Fsp3) is 0.500. The first-order valence-corrected chi connectivity index (χ1v) is 12.8. The summed E-state index contributed by atoms with van der Waals surface area (Å²) in [5, 5.41) is 4.67. The molecule has 1 aromatic heterocycles. The lowest BCUT2D eigenvalue weighted by Crippen LogP contribution is -2.41. The molecule has 0 bridgehead atoms. The number of halogens is 4. The summed E-state index contributed by atoms with van der Waals surface area (Å²) in [5.41, 5.74) is 4.48. The molecule has 8 heteroatoms. The zero-order valence-electron chi connectivity index (χ0n) is 20.7. The van der Waals surface area contributed by atoms with Gasteiger partial charge in [-0.2, -0.15) is 0 Å². The van der Waals surface area contributed by atoms with Crippen LogP contribution in [0.4, 0.5) is 23.2 Å². The molecule has 4 heterocycles. The fourth-order valence-corrected chi connectivity index (χ4v) is 6.09. The van der Waals surface area contributed by atoms with Crippen LogP contribution in [0.25, 0.3) is 10.9 Å². The normalized spacial score (nSPS) is 24.3. The fourth-order valence-electron chi connectivity index (χ4n) is 6.09. The van der Waals surface area contributed by atoms with Crippen LogP contribution in [0.15, 0.2) is 42.5 Å². The van der Waals surface area contributed by atoms with Gasteiger partial charge in [-0.15, -0.1) is 0 Å². The van der Waals surface area contributed by atoms with Gasteiger partial charge in [-0.05, 0) is 62.9 Å². The summed E-state index contributed by atoms with van der Waals surface area (Å²) < 4.78 is 51.5. The van der Waals surface area contributed by atoms with Gasteiger partial charge in [0.1, 0.15) is 11.6 Å². The Morgan fingerprint density at radius 3 is 2.58 bits per heavy atom. The van der Waals surface area contributed by atoms with Gasteiger partial charge >= 0.3 is 0 Å². The molecule has 3 aliphatic heterocycles. The maximum Gasteiger partial charge on any atom is 0.251 e. The molecule has 3 aromatic rings. The number of piperidine rings is 1. The first-order valence-electron chi connectivity index (χ1n) is 12.8. The second-order valence-corrected chi connectivity index (χ2v) is 10.6. The highest BCUT2D eigenvalue weighted by Gasteiger charge is 2.39. The number of nitrogens with zero attached hydrogens (tertiary/aromatic N) is 2. The molecule has 2 aromatic carbocycles. The number of aromatic nitrogens is 1. The molecule has 2 N–H and O–H groups in total. The molecule has 194 valence electrons. The van der Waals surface area contributed by atoms with Gasteiger partial charge in [-0.3, -0.25) is 4.90 Å². The Morgan fingerprint density at radius 1 is 1.08 bits per heavy atom. The number of rotatable bonds is 3. The summed E-state index contributed by atoms with van der Waals surface area (Å²) in [6.45, 7) is 6.39. The molecule has 1 spiro atoms. The number of para-hydroxylation sites is 1. The molecule has 2 unspecified atom stereocenters. The third-order valence-corrected chi connectivity index (χ3v) is 7.97. The van der Waals surface area contributed by atoms with Crippen LogP contribution in [0.2, 0.25) is 0 Å². The van der Waals surface area contributed by atoms with E-state index >= 15 is 0 Å². The van der Waals surface area contributed by atoms with E-state index in [0.717, 1.165) is 56.3 Å². The summed E-state index contributed by atoms with van der Waals surface area (Å²) in [4.78, 5) is 7.31. The Hall–Kier alpha value is -2.58. The van der Waals surface area contributed by atoms with Crippen molar-refractivity contribution in [1.29, 1.82) is 0 Å². The highest BCUT2D eigenvalue weighted by atomic mass is 19.3. The van der Waals surface area contributed by atoms with Crippen molar-refractivity contribution in [2.75, 3.05) is 37.6 Å². The van der Waals surface area contributed by atoms with E-state index in [1.54, 1.807) is 0 Å². The number of hydrogen-bond acceptors (Lipinski definition) is 3. The number of H-pyrrole nitrogens is 1. The Kier molecular flexibility index (Phi) is 7.26. The SMILES string of the molecule is CC1Cc2c([nH]c3ccccc23)CN1CC(F)F.Fc1cc(F)cc(N2CCC3(CCCNC3)C2)c1. The summed E-state index contributed by atoms with van der Waals surface area (Å²) in [6, 6.07) is 12.1. The predicted molar refractivity (Wildman–Crippen MR) is 136 cm³/mol. The lowest BCUT2D eigenvalue weighted by molar-refractivity contribution is 0.0597. The molecule has 0 radical (unpaired) electrons. The highest BCUT2D eigenvalue weighted by molar-refractivity contribution is 5.84. The van der Waals surface area contributed by atoms with Crippen molar-refractivity contribution in [3.05, 3.63) is 65.4 Å². The third kappa shape index (κ3) is 5.39. The average molecular weight is 503 g/mol. The van der Waals surface area contributed by atoms with Crippen molar-refractivity contribution >= 4 is 16.6 Å². The van der Waals surface area contributed by atoms with Gasteiger partial charge < -0.3 is 15.2 Å². The molecule has 2 atom stereocenters. The van der Waals surface area contributed by atoms with Crippen molar-refractivity contribution in [2.45, 2.75) is 51.6 Å². The molecule has 4 nitrogen and oxygen atoms in total. The maximum atomic E-state index is 13.2. The third-order valence-electron chi connectivity index (χ3n) is 7.97. The molecule has 0 aliphatic carbocycles. The molecule has 2 fully saturated rings. The summed E-state index contributed by atoms with van der Waals surface area (Å²) in [5.74, 6) is -0.986. The minimum Gasteiger partial charge on any atom is -0.371 e. The number of nitrogens with one attached hydrogen (secondary N) is 2. The summed E-state index contributed by atoms with van der Waals surface area (Å²) in [7, 11) is 0. The monoisotopic (exact) mass is 502 g/mol. The zero-order chi connectivity index (χ0) is 25.3. The minimum atomic E-state index is -2.27. The Labute approximate surface area is 209 Å². The van der Waals surface area contributed by atoms with Gasteiger partial charge in [0.2, 0.25) is 0 Å². The second-order valence-electron chi connectivity index (χ2n) is 10.6. The van der Waals surface area contributed by atoms with Crippen LogP contribution in [0, 0.1) is 17.0 Å². The van der Waals surface area contributed by atoms with Gasteiger partial charge in [0.05, 0.1) is 6.54 Å². The van der Waals surface area contributed by atoms with E-state index in [0.29, 0.717) is 17.6 Å². The van der Waals surface area contributed by atoms with Gasteiger partial charge in [-0.1, -0.05) is 18.2 Å². The molecule has 0 saturated carbocycles. The Balaban J connectivity index is 0.000000148. The van der Waals surface area contributed by atoms with E-state index in [4.69, 9.17) is 0 Å². The van der Waals surface area contributed by atoms with Crippen molar-refractivity contribution in [3.8, 4) is 0 Å². The molecule has 3 aliphatic rings. The lowest BCUT2D eigenvalue weighted by atomic mass is 9.80. The van der Waals surface area contributed by atoms with Gasteiger partial charge in [0.25, 0.3) is 6.43 Å². The first kappa shape index (κ1) is 25.1. The lowest BCUT2D eigenvalue weighted by Gasteiger charge is -2.34. The van der Waals surface area contributed by atoms with Gasteiger partial charge in [-0.25, -0.2) is 17.6 Å². The molecular formula is C28H34F4N4. The van der Waals surface area contributed by atoms with Crippen LogP contribution >= 0.6 is 0 Å². The van der Waals surface area contributed by atoms with E-state index in [2.05, 4.69) is 21.3 Å². The van der Waals surface area contributed by atoms with Crippen LogP contribution in [0.5, 0.6) is 0 Å². The van der Waals surface area contributed by atoms with Crippen LogP contribution in [0.1, 0.15) is 37.4 Å². The molecule has 36 heavy (non-hydrogen) atoms. The quantitative estimate of drug-likeness (QED) is 0.450. The second kappa shape index (κ2) is 10.4. The zero-order valence-corrected chi connectivity index (χ0v) is 20.7.